The van der Waals surface area contributed by atoms with Crippen LogP contribution in [-0.4, -0.2) is 48.7 Å². The number of nitrogens with one attached hydrogen (secondary N) is 1. The molecule has 1 aromatic rings. The zero-order chi connectivity index (χ0) is 19.6. The van der Waals surface area contributed by atoms with Crippen molar-refractivity contribution in [3.63, 3.8) is 0 Å². The Bertz CT molecular complexity index is 719. The predicted molar refractivity (Wildman–Crippen MR) is 84.1 cm³/mol. The molecule has 3 rings (SSSR count). The molecule has 1 aromatic carbocycles. The van der Waals surface area contributed by atoms with Crippen molar-refractivity contribution in [2.75, 3.05) is 19.7 Å². The number of hydrogen-bond donors (Lipinski definition) is 1. The van der Waals surface area contributed by atoms with Gasteiger partial charge in [-0.3, -0.25) is 4.79 Å². The largest absolute Gasteiger partial charge is 0.447 e. The van der Waals surface area contributed by atoms with Gasteiger partial charge < -0.3 is 19.7 Å². The van der Waals surface area contributed by atoms with Crippen LogP contribution in [0.5, 0.6) is 0 Å². The van der Waals surface area contributed by atoms with Crippen molar-refractivity contribution in [1.82, 2.24) is 10.2 Å². The Labute approximate surface area is 152 Å². The fourth-order valence-corrected chi connectivity index (χ4v) is 2.83. The van der Waals surface area contributed by atoms with Crippen LogP contribution >= 0.6 is 0 Å². The number of hydrogen-bond acceptors (Lipinski definition) is 4. The minimum absolute atomic E-state index is 0.0322. The van der Waals surface area contributed by atoms with Crippen molar-refractivity contribution >= 4 is 12.0 Å². The average molecular weight is 390 g/mol. The summed E-state index contributed by atoms with van der Waals surface area (Å²) in [7, 11) is 0. The van der Waals surface area contributed by atoms with Crippen LogP contribution in [0.4, 0.5) is 22.4 Å². The lowest BCUT2D eigenvalue weighted by atomic mass is 10.1. The lowest BCUT2D eigenvalue weighted by Gasteiger charge is -2.39. The maximum Gasteiger partial charge on any atom is 0.416 e. The minimum Gasteiger partial charge on any atom is -0.447 e. The number of alkyl carbamates (subject to hydrolysis) is 1. The normalized spacial score (nSPS) is 20.2. The maximum atomic E-state index is 13.7. The number of cyclic esters (lactones) is 1. The average Bonchev–Trinajstić information content (AvgIpc) is 2.97. The van der Waals surface area contributed by atoms with Crippen LogP contribution in [0, 0.1) is 5.82 Å². The van der Waals surface area contributed by atoms with Crippen molar-refractivity contribution in [3.05, 3.63) is 35.1 Å². The van der Waals surface area contributed by atoms with E-state index in [2.05, 4.69) is 5.32 Å². The molecule has 2 saturated heterocycles. The van der Waals surface area contributed by atoms with Crippen molar-refractivity contribution in [3.8, 4) is 0 Å². The molecule has 0 saturated carbocycles. The van der Waals surface area contributed by atoms with Crippen LogP contribution in [0.15, 0.2) is 18.2 Å². The molecule has 1 N–H and O–H groups in total. The molecule has 2 aliphatic rings. The highest BCUT2D eigenvalue weighted by atomic mass is 19.4. The molecule has 0 aliphatic carbocycles. The van der Waals surface area contributed by atoms with E-state index in [1.165, 1.54) is 0 Å². The van der Waals surface area contributed by atoms with Crippen molar-refractivity contribution in [2.45, 2.75) is 37.8 Å². The van der Waals surface area contributed by atoms with E-state index in [4.69, 9.17) is 9.47 Å². The second kappa shape index (κ2) is 7.71. The van der Waals surface area contributed by atoms with Crippen LogP contribution < -0.4 is 5.32 Å². The Balaban J connectivity index is 1.38. The van der Waals surface area contributed by atoms with E-state index in [9.17, 15) is 27.2 Å². The molecule has 2 heterocycles. The Hall–Kier alpha value is -2.36. The minimum atomic E-state index is -4.59. The number of amides is 2. The highest BCUT2D eigenvalue weighted by Gasteiger charge is 2.33. The van der Waals surface area contributed by atoms with Gasteiger partial charge in [0, 0.05) is 25.1 Å². The molecular weight excluding hydrogens is 372 g/mol. The zero-order valence-electron chi connectivity index (χ0n) is 14.2. The summed E-state index contributed by atoms with van der Waals surface area (Å²) in [6.45, 7) is 0.766. The standard InChI is InChI=1S/C17H18F4N2O4/c18-14-5-11(17(19,20)21)2-1-10(14)8-26-13-6-23(7-13)15(24)4-3-12-9-27-16(25)22-12/h1-2,5,12-13H,3-4,6-9H2,(H,22,25)/t12-/m0/s1. The molecule has 2 fully saturated rings. The summed E-state index contributed by atoms with van der Waals surface area (Å²) in [5, 5.41) is 2.59. The Morgan fingerprint density at radius 3 is 2.67 bits per heavy atom. The maximum absolute atomic E-state index is 13.7. The number of halogens is 4. The van der Waals surface area contributed by atoms with E-state index < -0.39 is 23.7 Å². The van der Waals surface area contributed by atoms with Crippen LogP contribution in [-0.2, 0) is 27.1 Å². The molecule has 2 amide bonds. The summed E-state index contributed by atoms with van der Waals surface area (Å²) in [6.07, 6.45) is -4.63. The van der Waals surface area contributed by atoms with E-state index in [0.717, 1.165) is 12.1 Å². The van der Waals surface area contributed by atoms with Gasteiger partial charge in [-0.1, -0.05) is 6.07 Å². The number of carbonyl (C=O) groups is 2. The van der Waals surface area contributed by atoms with Crippen LogP contribution in [0.25, 0.3) is 0 Å². The molecule has 2 aliphatic heterocycles. The third-order valence-corrected chi connectivity index (χ3v) is 4.50. The summed E-state index contributed by atoms with van der Waals surface area (Å²) in [6, 6.07) is 2.14. The van der Waals surface area contributed by atoms with Gasteiger partial charge >= 0.3 is 12.3 Å². The highest BCUT2D eigenvalue weighted by molar-refractivity contribution is 5.77. The third kappa shape index (κ3) is 4.88. The topological polar surface area (TPSA) is 67.9 Å². The SMILES string of the molecule is O=C1N[C@@H](CCC(=O)N2CC(OCc3ccc(C(F)(F)F)cc3F)C2)CO1. The molecule has 148 valence electrons. The first-order valence-corrected chi connectivity index (χ1v) is 8.40. The Kier molecular flexibility index (Phi) is 5.54. The van der Waals surface area contributed by atoms with Gasteiger partial charge in [0.2, 0.25) is 5.91 Å². The monoisotopic (exact) mass is 390 g/mol. The van der Waals surface area contributed by atoms with Gasteiger partial charge in [-0.25, -0.2) is 9.18 Å². The molecule has 0 unspecified atom stereocenters. The first-order chi connectivity index (χ1) is 12.7. The Morgan fingerprint density at radius 2 is 2.07 bits per heavy atom. The highest BCUT2D eigenvalue weighted by Crippen LogP contribution is 2.30. The van der Waals surface area contributed by atoms with Crippen LogP contribution in [0.1, 0.15) is 24.0 Å². The van der Waals surface area contributed by atoms with E-state index in [1.807, 2.05) is 0 Å². The zero-order valence-corrected chi connectivity index (χ0v) is 14.2. The third-order valence-electron chi connectivity index (χ3n) is 4.50. The number of rotatable bonds is 6. The summed E-state index contributed by atoms with van der Waals surface area (Å²) >= 11 is 0. The summed E-state index contributed by atoms with van der Waals surface area (Å²) in [5.41, 5.74) is -1.02. The molecule has 1 atom stereocenters. The lowest BCUT2D eigenvalue weighted by molar-refractivity contribution is -0.146. The van der Waals surface area contributed by atoms with E-state index in [0.29, 0.717) is 25.6 Å². The van der Waals surface area contributed by atoms with E-state index in [1.54, 1.807) is 4.90 Å². The molecular formula is C17H18F4N2O4. The number of benzene rings is 1. The lowest BCUT2D eigenvalue weighted by Crippen LogP contribution is -2.54. The number of ether oxygens (including phenoxy) is 2. The number of alkyl halides is 3. The fraction of sp³-hybridized carbons (Fsp3) is 0.529. The van der Waals surface area contributed by atoms with Gasteiger partial charge in [0.15, 0.2) is 0 Å². The fourth-order valence-electron chi connectivity index (χ4n) is 2.83. The molecule has 0 spiro atoms. The second-order valence-electron chi connectivity index (χ2n) is 6.51. The molecule has 10 heteroatoms. The number of carbonyl (C=O) groups excluding carboxylic acids is 2. The van der Waals surface area contributed by atoms with E-state index >= 15 is 0 Å². The molecule has 0 aromatic heterocycles. The summed E-state index contributed by atoms with van der Waals surface area (Å²) in [5.74, 6) is -1.06. The first-order valence-electron chi connectivity index (χ1n) is 8.40. The summed E-state index contributed by atoms with van der Waals surface area (Å²) in [4.78, 5) is 24.5. The van der Waals surface area contributed by atoms with Crippen molar-refractivity contribution < 1.29 is 36.6 Å². The smallest absolute Gasteiger partial charge is 0.416 e. The van der Waals surface area contributed by atoms with Gasteiger partial charge in [0.25, 0.3) is 0 Å². The van der Waals surface area contributed by atoms with Gasteiger partial charge in [-0.15, -0.1) is 0 Å². The van der Waals surface area contributed by atoms with Crippen molar-refractivity contribution in [2.24, 2.45) is 0 Å². The van der Waals surface area contributed by atoms with Gasteiger partial charge in [-0.2, -0.15) is 13.2 Å². The second-order valence-corrected chi connectivity index (χ2v) is 6.51. The van der Waals surface area contributed by atoms with E-state index in [-0.39, 0.29) is 43.3 Å². The summed E-state index contributed by atoms with van der Waals surface area (Å²) < 4.78 is 61.5. The van der Waals surface area contributed by atoms with Crippen LogP contribution in [0.3, 0.4) is 0 Å². The number of likely N-dealkylation sites (tertiary alicyclic amines) is 1. The van der Waals surface area contributed by atoms with Crippen molar-refractivity contribution in [1.29, 1.82) is 0 Å². The predicted octanol–water partition coefficient (Wildman–Crippen LogP) is 2.46. The van der Waals surface area contributed by atoms with Gasteiger partial charge in [-0.05, 0) is 18.6 Å². The number of nitrogens with zero attached hydrogens (tertiary/aromatic N) is 1. The van der Waals surface area contributed by atoms with Gasteiger partial charge in [0.05, 0.1) is 24.3 Å². The quantitative estimate of drug-likeness (QED) is 0.758. The molecule has 6 nitrogen and oxygen atoms in total. The first kappa shape index (κ1) is 19.4. The van der Waals surface area contributed by atoms with Crippen LogP contribution in [0.2, 0.25) is 0 Å². The Morgan fingerprint density at radius 1 is 1.33 bits per heavy atom. The molecule has 27 heavy (non-hydrogen) atoms. The molecule has 0 radical (unpaired) electrons. The molecule has 0 bridgehead atoms. The van der Waals surface area contributed by atoms with Gasteiger partial charge in [0.1, 0.15) is 12.4 Å².